The van der Waals surface area contributed by atoms with E-state index in [1.807, 2.05) is 27.2 Å². The summed E-state index contributed by atoms with van der Waals surface area (Å²) >= 11 is 0. The molecular formula is C48H97N2O6P. The standard InChI is InChI=1S/C48H97N2O6P/c1-6-8-10-12-14-16-18-20-22-24-25-26-28-30-32-34-36-38-40-42-48(52)49-46(45-56-57(53,54)55-44-43-50(3,4)5)47(51)41-39-37-35-33-31-29-27-23-21-19-17-15-13-11-9-7-2/h39,41,46-47,51H,6-38,40,42-45H2,1-5H3,(H-,49,52,53,54)/b41-39+. The zero-order valence-electron chi connectivity index (χ0n) is 38.6. The van der Waals surface area contributed by atoms with Crippen LogP contribution in [0.15, 0.2) is 12.2 Å². The predicted molar refractivity (Wildman–Crippen MR) is 242 cm³/mol. The number of rotatable bonds is 45. The number of aliphatic hydroxyl groups is 1. The van der Waals surface area contributed by atoms with Crippen molar-refractivity contribution in [3.63, 3.8) is 0 Å². The second kappa shape index (κ2) is 40.6. The average molecular weight is 829 g/mol. The predicted octanol–water partition coefficient (Wildman–Crippen LogP) is 13.3. The molecule has 0 saturated heterocycles. The van der Waals surface area contributed by atoms with E-state index in [2.05, 4.69) is 19.2 Å². The lowest BCUT2D eigenvalue weighted by Gasteiger charge is -2.29. The number of hydrogen-bond donors (Lipinski definition) is 2. The molecule has 1 amide bonds. The number of allylic oxidation sites excluding steroid dienone is 1. The molecule has 57 heavy (non-hydrogen) atoms. The summed E-state index contributed by atoms with van der Waals surface area (Å²) in [5, 5.41) is 13.8. The Morgan fingerprint density at radius 1 is 0.596 bits per heavy atom. The van der Waals surface area contributed by atoms with Crippen molar-refractivity contribution < 1.29 is 32.9 Å². The van der Waals surface area contributed by atoms with Crippen molar-refractivity contribution in [2.45, 2.75) is 251 Å². The molecule has 0 radical (unpaired) electrons. The number of unbranched alkanes of at least 4 members (excludes halogenated alkanes) is 32. The average Bonchev–Trinajstić information content (AvgIpc) is 3.16. The number of amides is 1. The van der Waals surface area contributed by atoms with Gasteiger partial charge in [-0.05, 0) is 19.3 Å². The lowest BCUT2D eigenvalue weighted by atomic mass is 10.0. The maximum atomic E-state index is 12.9. The van der Waals surface area contributed by atoms with Gasteiger partial charge in [0.2, 0.25) is 5.91 Å². The Hall–Kier alpha value is -0.760. The second-order valence-corrected chi connectivity index (χ2v) is 19.6. The van der Waals surface area contributed by atoms with Gasteiger partial charge >= 0.3 is 0 Å². The summed E-state index contributed by atoms with van der Waals surface area (Å²) in [5.74, 6) is -0.193. The van der Waals surface area contributed by atoms with E-state index in [0.29, 0.717) is 17.4 Å². The molecule has 0 aromatic heterocycles. The monoisotopic (exact) mass is 829 g/mol. The van der Waals surface area contributed by atoms with Crippen LogP contribution in [-0.4, -0.2) is 68.5 Å². The number of likely N-dealkylation sites (N-methyl/N-ethyl adjacent to an activating group) is 1. The number of phosphoric ester groups is 1. The fourth-order valence-corrected chi connectivity index (χ4v) is 8.05. The molecule has 0 saturated carbocycles. The molecule has 340 valence electrons. The Balaban J connectivity index is 4.31. The Bertz CT molecular complexity index is 942. The van der Waals surface area contributed by atoms with E-state index in [9.17, 15) is 19.4 Å². The van der Waals surface area contributed by atoms with Crippen molar-refractivity contribution >= 4 is 13.7 Å². The van der Waals surface area contributed by atoms with Crippen LogP contribution in [0.2, 0.25) is 0 Å². The fraction of sp³-hybridized carbons (Fsp3) is 0.938. The molecule has 0 bridgehead atoms. The minimum absolute atomic E-state index is 0.00234. The van der Waals surface area contributed by atoms with Gasteiger partial charge in [-0.25, -0.2) is 0 Å². The minimum atomic E-state index is -4.58. The van der Waals surface area contributed by atoms with Gasteiger partial charge in [-0.2, -0.15) is 0 Å². The van der Waals surface area contributed by atoms with Gasteiger partial charge in [0.15, 0.2) is 0 Å². The zero-order chi connectivity index (χ0) is 42.1. The van der Waals surface area contributed by atoms with Crippen molar-refractivity contribution in [1.29, 1.82) is 0 Å². The van der Waals surface area contributed by atoms with Gasteiger partial charge in [-0.1, -0.05) is 225 Å². The molecule has 0 rings (SSSR count). The van der Waals surface area contributed by atoms with Crippen LogP contribution in [-0.2, 0) is 18.4 Å². The van der Waals surface area contributed by atoms with E-state index in [0.717, 1.165) is 38.5 Å². The molecule has 0 heterocycles. The van der Waals surface area contributed by atoms with Gasteiger partial charge in [0.05, 0.1) is 39.9 Å². The van der Waals surface area contributed by atoms with Crippen LogP contribution in [0.4, 0.5) is 0 Å². The van der Waals surface area contributed by atoms with E-state index < -0.39 is 20.0 Å². The first-order chi connectivity index (χ1) is 27.5. The van der Waals surface area contributed by atoms with Crippen LogP contribution in [0.1, 0.15) is 239 Å². The molecule has 3 unspecified atom stereocenters. The number of quaternary nitrogens is 1. The van der Waals surface area contributed by atoms with Crippen LogP contribution < -0.4 is 10.2 Å². The third-order valence-electron chi connectivity index (χ3n) is 11.2. The third-order valence-corrected chi connectivity index (χ3v) is 12.2. The number of phosphoric acid groups is 1. The van der Waals surface area contributed by atoms with Gasteiger partial charge in [-0.15, -0.1) is 0 Å². The normalized spacial score (nSPS) is 14.3. The Morgan fingerprint density at radius 2 is 0.947 bits per heavy atom. The van der Waals surface area contributed by atoms with E-state index in [1.54, 1.807) is 6.08 Å². The molecule has 9 heteroatoms. The number of carbonyl (C=O) groups excluding carboxylic acids is 1. The summed E-state index contributed by atoms with van der Waals surface area (Å²) in [6.45, 7) is 4.68. The molecule has 0 fully saturated rings. The van der Waals surface area contributed by atoms with Crippen molar-refractivity contribution in [2.24, 2.45) is 0 Å². The van der Waals surface area contributed by atoms with Crippen LogP contribution in [0, 0.1) is 0 Å². The Labute approximate surface area is 354 Å². The summed E-state index contributed by atoms with van der Waals surface area (Å²) in [4.78, 5) is 25.4. The van der Waals surface area contributed by atoms with Gasteiger partial charge in [0.1, 0.15) is 13.2 Å². The molecule has 0 aliphatic carbocycles. The molecule has 0 spiro atoms. The van der Waals surface area contributed by atoms with Gasteiger partial charge in [0.25, 0.3) is 7.82 Å². The topological polar surface area (TPSA) is 108 Å². The molecule has 0 aromatic rings. The number of aliphatic hydroxyl groups excluding tert-OH is 1. The lowest BCUT2D eigenvalue weighted by molar-refractivity contribution is -0.870. The van der Waals surface area contributed by atoms with E-state index >= 15 is 0 Å². The van der Waals surface area contributed by atoms with Crippen molar-refractivity contribution in [1.82, 2.24) is 5.32 Å². The highest BCUT2D eigenvalue weighted by molar-refractivity contribution is 7.45. The summed E-state index contributed by atoms with van der Waals surface area (Å²) in [7, 11) is 1.27. The quantitative estimate of drug-likeness (QED) is 0.0274. The molecule has 2 N–H and O–H groups in total. The largest absolute Gasteiger partial charge is 0.756 e. The summed E-state index contributed by atoms with van der Waals surface area (Å²) in [6, 6.07) is -0.880. The molecule has 0 aromatic carbocycles. The van der Waals surface area contributed by atoms with Crippen LogP contribution in [0.5, 0.6) is 0 Å². The lowest BCUT2D eigenvalue weighted by Crippen LogP contribution is -2.45. The van der Waals surface area contributed by atoms with Crippen molar-refractivity contribution in [3.05, 3.63) is 12.2 Å². The Kier molecular flexibility index (Phi) is 40.1. The number of carbonyl (C=O) groups is 1. The zero-order valence-corrected chi connectivity index (χ0v) is 39.5. The number of nitrogens with one attached hydrogen (secondary N) is 1. The molecular weight excluding hydrogens is 732 g/mol. The highest BCUT2D eigenvalue weighted by Crippen LogP contribution is 2.38. The van der Waals surface area contributed by atoms with Crippen LogP contribution in [0.25, 0.3) is 0 Å². The second-order valence-electron chi connectivity index (χ2n) is 18.2. The van der Waals surface area contributed by atoms with E-state index in [-0.39, 0.29) is 19.1 Å². The first kappa shape index (κ1) is 56.2. The van der Waals surface area contributed by atoms with E-state index in [4.69, 9.17) is 9.05 Å². The smallest absolute Gasteiger partial charge is 0.268 e. The fourth-order valence-electron chi connectivity index (χ4n) is 7.33. The maximum absolute atomic E-state index is 12.9. The third kappa shape index (κ3) is 43.1. The van der Waals surface area contributed by atoms with Gasteiger partial charge in [-0.3, -0.25) is 9.36 Å². The summed E-state index contributed by atoms with van der Waals surface area (Å²) in [5.41, 5.74) is 0. The maximum Gasteiger partial charge on any atom is 0.268 e. The SMILES string of the molecule is CCCCCCCCCCCCCCCC/C=C/C(O)C(COP(=O)([O-])OCC[N+](C)(C)C)NC(=O)CCCCCCCCCCCCCCCCCCCCC. The van der Waals surface area contributed by atoms with Crippen LogP contribution in [0.3, 0.4) is 0 Å². The molecule has 8 nitrogen and oxygen atoms in total. The van der Waals surface area contributed by atoms with Crippen LogP contribution >= 0.6 is 7.82 Å². The molecule has 0 aliphatic heterocycles. The Morgan fingerprint density at radius 3 is 1.32 bits per heavy atom. The highest BCUT2D eigenvalue weighted by atomic mass is 31.2. The first-order valence-corrected chi connectivity index (χ1v) is 26.0. The van der Waals surface area contributed by atoms with Gasteiger partial charge < -0.3 is 28.8 Å². The van der Waals surface area contributed by atoms with Crippen molar-refractivity contribution in [3.8, 4) is 0 Å². The van der Waals surface area contributed by atoms with E-state index in [1.165, 1.54) is 180 Å². The summed E-state index contributed by atoms with van der Waals surface area (Å²) < 4.78 is 23.3. The highest BCUT2D eigenvalue weighted by Gasteiger charge is 2.23. The van der Waals surface area contributed by atoms with Crippen molar-refractivity contribution in [2.75, 3.05) is 40.9 Å². The first-order valence-electron chi connectivity index (χ1n) is 24.6. The summed E-state index contributed by atoms with van der Waals surface area (Å²) in [6.07, 6.45) is 46.8. The number of nitrogens with zero attached hydrogens (tertiary/aromatic N) is 1. The number of hydrogen-bond acceptors (Lipinski definition) is 6. The molecule has 3 atom stereocenters. The van der Waals surface area contributed by atoms with Gasteiger partial charge in [0, 0.05) is 6.42 Å². The molecule has 0 aliphatic rings. The minimum Gasteiger partial charge on any atom is -0.756 e.